The molecule has 0 bridgehead atoms. The third-order valence-electron chi connectivity index (χ3n) is 1.66. The second-order valence-electron chi connectivity index (χ2n) is 2.71. The van der Waals surface area contributed by atoms with Crippen molar-refractivity contribution in [2.75, 3.05) is 0 Å². The van der Waals surface area contributed by atoms with Crippen LogP contribution in [0.15, 0.2) is 33.9 Å². The summed E-state index contributed by atoms with van der Waals surface area (Å²) in [7, 11) is 0. The summed E-state index contributed by atoms with van der Waals surface area (Å²) in [6.45, 7) is 3.59. The molecule has 0 amide bonds. The summed E-state index contributed by atoms with van der Waals surface area (Å²) in [5, 5.41) is 0. The van der Waals surface area contributed by atoms with Crippen LogP contribution in [0.25, 0.3) is 0 Å². The van der Waals surface area contributed by atoms with Crippen LogP contribution >= 0.6 is 15.9 Å². The zero-order valence-electron chi connectivity index (χ0n) is 7.25. The Hall–Kier alpha value is -0.830. The molecule has 0 atom stereocenters. The van der Waals surface area contributed by atoms with Gasteiger partial charge in [-0.2, -0.15) is 0 Å². The molecule has 0 aliphatic heterocycles. The predicted octanol–water partition coefficient (Wildman–Crippen LogP) is 3.58. The van der Waals surface area contributed by atoms with Crippen LogP contribution in [0.2, 0.25) is 0 Å². The van der Waals surface area contributed by atoms with Gasteiger partial charge >= 0.3 is 0 Å². The van der Waals surface area contributed by atoms with E-state index in [1.165, 1.54) is 0 Å². The fourth-order valence-electron chi connectivity index (χ4n) is 0.994. The number of carbonyl (C=O) groups excluding carboxylic acids is 1. The van der Waals surface area contributed by atoms with Gasteiger partial charge in [0.1, 0.15) is 0 Å². The molecule has 0 aromatic carbocycles. The van der Waals surface area contributed by atoms with E-state index in [0.717, 1.165) is 12.8 Å². The summed E-state index contributed by atoms with van der Waals surface area (Å²) < 4.78 is 5.71. The molecule has 1 aromatic rings. The van der Waals surface area contributed by atoms with Gasteiger partial charge in [0.25, 0.3) is 0 Å². The second kappa shape index (κ2) is 5.02. The van der Waals surface area contributed by atoms with Crippen LogP contribution in [0.5, 0.6) is 0 Å². The summed E-state index contributed by atoms with van der Waals surface area (Å²) >= 11 is 3.15. The lowest BCUT2D eigenvalue weighted by atomic mass is 10.1. The van der Waals surface area contributed by atoms with Gasteiger partial charge in [-0.3, -0.25) is 4.79 Å². The van der Waals surface area contributed by atoms with Crippen LogP contribution in [-0.2, 0) is 0 Å². The average Bonchev–Trinajstić information content (AvgIpc) is 2.52. The Balaban J connectivity index is 2.44. The number of rotatable bonds is 5. The molecule has 3 heteroatoms. The zero-order valence-corrected chi connectivity index (χ0v) is 8.84. The van der Waals surface area contributed by atoms with Crippen LogP contribution in [0, 0.1) is 0 Å². The largest absolute Gasteiger partial charge is 0.446 e. The maximum Gasteiger partial charge on any atom is 0.198 e. The van der Waals surface area contributed by atoms with Crippen LogP contribution < -0.4 is 0 Å². The lowest BCUT2D eigenvalue weighted by molar-refractivity contribution is 0.0952. The molecule has 0 unspecified atom stereocenters. The van der Waals surface area contributed by atoms with E-state index >= 15 is 0 Å². The molecule has 0 fully saturated rings. The van der Waals surface area contributed by atoms with Crippen LogP contribution in [0.4, 0.5) is 0 Å². The van der Waals surface area contributed by atoms with E-state index in [4.69, 9.17) is 4.42 Å². The first-order valence-corrected chi connectivity index (χ1v) is 4.93. The third-order valence-corrected chi connectivity index (χ3v) is 2.09. The fourth-order valence-corrected chi connectivity index (χ4v) is 1.30. The summed E-state index contributed by atoms with van der Waals surface area (Å²) in [6.07, 6.45) is 4.03. The molecule has 0 saturated heterocycles. The number of ketones is 1. The van der Waals surface area contributed by atoms with Crippen molar-refractivity contribution in [1.82, 2.24) is 0 Å². The molecular formula is C10H11BrO2. The first-order chi connectivity index (χ1) is 6.24. The monoisotopic (exact) mass is 242 g/mol. The van der Waals surface area contributed by atoms with Gasteiger partial charge < -0.3 is 4.42 Å². The van der Waals surface area contributed by atoms with E-state index in [9.17, 15) is 4.79 Å². The van der Waals surface area contributed by atoms with Gasteiger partial charge in [0.2, 0.25) is 0 Å². The van der Waals surface area contributed by atoms with Crippen molar-refractivity contribution < 1.29 is 9.21 Å². The Morgan fingerprint density at radius 2 is 2.38 bits per heavy atom. The van der Waals surface area contributed by atoms with Crippen molar-refractivity contribution in [3.63, 3.8) is 0 Å². The highest BCUT2D eigenvalue weighted by atomic mass is 79.9. The van der Waals surface area contributed by atoms with Crippen molar-refractivity contribution in [2.24, 2.45) is 0 Å². The zero-order chi connectivity index (χ0) is 9.68. The summed E-state index contributed by atoms with van der Waals surface area (Å²) in [6, 6.07) is 3.40. The first kappa shape index (κ1) is 10.3. The maximum atomic E-state index is 11.4. The van der Waals surface area contributed by atoms with Crippen LogP contribution in [-0.4, -0.2) is 5.78 Å². The second-order valence-corrected chi connectivity index (χ2v) is 3.49. The van der Waals surface area contributed by atoms with Gasteiger partial charge in [-0.05, 0) is 40.9 Å². The maximum absolute atomic E-state index is 11.4. The highest BCUT2D eigenvalue weighted by Gasteiger charge is 2.08. The quantitative estimate of drug-likeness (QED) is 0.449. The summed E-state index contributed by atoms with van der Waals surface area (Å²) in [5.74, 6) is 0.475. The molecular weight excluding hydrogens is 232 g/mol. The molecule has 0 saturated carbocycles. The number of Topliss-reactive ketones (excluding diaryl/α,β-unsaturated/α-hetero) is 1. The Kier molecular flexibility index (Phi) is 3.96. The minimum absolute atomic E-state index is 0.0487. The van der Waals surface area contributed by atoms with Crippen molar-refractivity contribution in [2.45, 2.75) is 19.3 Å². The van der Waals surface area contributed by atoms with Gasteiger partial charge in [0.05, 0.1) is 0 Å². The molecule has 13 heavy (non-hydrogen) atoms. The van der Waals surface area contributed by atoms with E-state index in [-0.39, 0.29) is 5.78 Å². The lowest BCUT2D eigenvalue weighted by Gasteiger charge is -1.94. The van der Waals surface area contributed by atoms with Crippen LogP contribution in [0.1, 0.15) is 29.8 Å². The third kappa shape index (κ3) is 3.19. The SMILES string of the molecule is C=CCCCC(=O)c1ccc(Br)o1. The number of hydrogen-bond donors (Lipinski definition) is 0. The number of carbonyl (C=O) groups is 1. The van der Waals surface area contributed by atoms with Gasteiger partial charge in [-0.1, -0.05) is 6.08 Å². The van der Waals surface area contributed by atoms with Gasteiger partial charge in [0, 0.05) is 6.42 Å². The molecule has 1 heterocycles. The molecule has 1 aromatic heterocycles. The smallest absolute Gasteiger partial charge is 0.198 e. The molecule has 0 radical (unpaired) electrons. The Morgan fingerprint density at radius 3 is 2.92 bits per heavy atom. The highest BCUT2D eigenvalue weighted by molar-refractivity contribution is 9.10. The highest BCUT2D eigenvalue weighted by Crippen LogP contribution is 2.16. The first-order valence-electron chi connectivity index (χ1n) is 4.13. The normalized spacial score (nSPS) is 9.92. The predicted molar refractivity (Wildman–Crippen MR) is 54.8 cm³/mol. The van der Waals surface area contributed by atoms with Gasteiger partial charge in [-0.15, -0.1) is 6.58 Å². The molecule has 0 spiro atoms. The number of allylic oxidation sites excluding steroid dienone is 1. The molecule has 0 N–H and O–H groups in total. The van der Waals surface area contributed by atoms with Crippen molar-refractivity contribution in [3.8, 4) is 0 Å². The molecule has 0 aliphatic rings. The van der Waals surface area contributed by atoms with Crippen molar-refractivity contribution >= 4 is 21.7 Å². The van der Waals surface area contributed by atoms with E-state index < -0.39 is 0 Å². The molecule has 2 nitrogen and oxygen atoms in total. The number of hydrogen-bond acceptors (Lipinski definition) is 2. The molecule has 70 valence electrons. The summed E-state index contributed by atoms with van der Waals surface area (Å²) in [5.41, 5.74) is 0. The topological polar surface area (TPSA) is 30.2 Å². The van der Waals surface area contributed by atoms with Crippen molar-refractivity contribution in [1.29, 1.82) is 0 Å². The Labute approximate surface area is 85.8 Å². The molecule has 1 rings (SSSR count). The average molecular weight is 243 g/mol. The van der Waals surface area contributed by atoms with E-state index in [1.807, 2.05) is 6.08 Å². The fraction of sp³-hybridized carbons (Fsp3) is 0.300. The van der Waals surface area contributed by atoms with Gasteiger partial charge in [-0.25, -0.2) is 0 Å². The van der Waals surface area contributed by atoms with Crippen molar-refractivity contribution in [3.05, 3.63) is 35.2 Å². The number of halogens is 1. The number of furan rings is 1. The summed E-state index contributed by atoms with van der Waals surface area (Å²) in [4.78, 5) is 11.4. The minimum atomic E-state index is 0.0487. The minimum Gasteiger partial charge on any atom is -0.446 e. The Morgan fingerprint density at radius 1 is 1.62 bits per heavy atom. The lowest BCUT2D eigenvalue weighted by Crippen LogP contribution is -1.95. The Bertz CT molecular complexity index is 302. The van der Waals surface area contributed by atoms with Crippen LogP contribution in [0.3, 0.4) is 0 Å². The van der Waals surface area contributed by atoms with Gasteiger partial charge in [0.15, 0.2) is 16.2 Å². The van der Waals surface area contributed by atoms with E-state index in [0.29, 0.717) is 16.9 Å². The standard InChI is InChI=1S/C10H11BrO2/c1-2-3-4-5-8(12)9-6-7-10(11)13-9/h2,6-7H,1,3-5H2. The molecule has 0 aliphatic carbocycles. The van der Waals surface area contributed by atoms with E-state index in [2.05, 4.69) is 22.5 Å². The van der Waals surface area contributed by atoms with E-state index in [1.54, 1.807) is 12.1 Å². The number of unbranched alkanes of at least 4 members (excludes halogenated alkanes) is 1.